The molecule has 1 aliphatic rings. The van der Waals surface area contributed by atoms with E-state index in [1.165, 1.54) is 6.42 Å². The average molecular weight is 226 g/mol. The van der Waals surface area contributed by atoms with Gasteiger partial charge >= 0.3 is 0 Å². The fraction of sp³-hybridized carbons (Fsp3) is 0.923. The number of amides is 1. The van der Waals surface area contributed by atoms with Gasteiger partial charge < -0.3 is 10.2 Å². The molecule has 0 bridgehead atoms. The molecule has 0 aromatic heterocycles. The second-order valence-electron chi connectivity index (χ2n) is 5.27. The van der Waals surface area contributed by atoms with Crippen LogP contribution in [0.25, 0.3) is 0 Å². The lowest BCUT2D eigenvalue weighted by molar-refractivity contribution is -0.136. The number of carbonyl (C=O) groups excluding carboxylic acids is 1. The molecule has 1 aliphatic heterocycles. The maximum Gasteiger partial charge on any atom is 0.225 e. The Morgan fingerprint density at radius 3 is 2.69 bits per heavy atom. The zero-order valence-corrected chi connectivity index (χ0v) is 11.1. The third-order valence-electron chi connectivity index (χ3n) is 3.37. The molecule has 3 heteroatoms. The number of rotatable bonds is 4. The number of carbonyl (C=O) groups is 1. The summed E-state index contributed by atoms with van der Waals surface area (Å²) < 4.78 is 0. The first-order valence-electron chi connectivity index (χ1n) is 6.58. The van der Waals surface area contributed by atoms with Crippen LogP contribution < -0.4 is 5.32 Å². The minimum absolute atomic E-state index is 0.132. The van der Waals surface area contributed by atoms with Crippen molar-refractivity contribution in [2.24, 2.45) is 11.8 Å². The molecule has 1 fully saturated rings. The Balaban J connectivity index is 2.42. The molecular formula is C13H26N2O. The molecule has 0 aromatic carbocycles. The van der Waals surface area contributed by atoms with E-state index in [0.717, 1.165) is 26.1 Å². The van der Waals surface area contributed by atoms with Gasteiger partial charge in [-0.15, -0.1) is 0 Å². The highest BCUT2D eigenvalue weighted by molar-refractivity contribution is 5.78. The number of nitrogens with one attached hydrogen (secondary N) is 1. The van der Waals surface area contributed by atoms with Crippen LogP contribution in [0.15, 0.2) is 0 Å². The molecule has 2 unspecified atom stereocenters. The van der Waals surface area contributed by atoms with Gasteiger partial charge in [-0.25, -0.2) is 0 Å². The smallest absolute Gasteiger partial charge is 0.225 e. The lowest BCUT2D eigenvalue weighted by atomic mass is 9.93. The number of likely N-dealkylation sites (tertiary alicyclic amines) is 1. The van der Waals surface area contributed by atoms with Crippen LogP contribution in [-0.4, -0.2) is 36.5 Å². The summed E-state index contributed by atoms with van der Waals surface area (Å²) in [5, 5.41) is 3.57. The van der Waals surface area contributed by atoms with Crippen LogP contribution in [0.4, 0.5) is 0 Å². The van der Waals surface area contributed by atoms with E-state index in [1.807, 2.05) is 18.7 Å². The lowest BCUT2D eigenvalue weighted by Crippen LogP contribution is -2.51. The van der Waals surface area contributed by atoms with Crippen molar-refractivity contribution >= 4 is 5.91 Å². The second-order valence-corrected chi connectivity index (χ2v) is 5.27. The van der Waals surface area contributed by atoms with E-state index in [4.69, 9.17) is 0 Å². The van der Waals surface area contributed by atoms with Gasteiger partial charge in [0, 0.05) is 25.0 Å². The zero-order valence-electron chi connectivity index (χ0n) is 11.1. The van der Waals surface area contributed by atoms with E-state index < -0.39 is 0 Å². The molecule has 0 saturated carbocycles. The maximum atomic E-state index is 11.9. The number of hydrogen-bond acceptors (Lipinski definition) is 2. The highest BCUT2D eigenvalue weighted by Gasteiger charge is 2.28. The van der Waals surface area contributed by atoms with Crippen molar-refractivity contribution in [2.45, 2.75) is 46.6 Å². The van der Waals surface area contributed by atoms with Gasteiger partial charge in [0.15, 0.2) is 0 Å². The number of hydrogen-bond donors (Lipinski definition) is 1. The third kappa shape index (κ3) is 3.48. The number of piperidine rings is 1. The van der Waals surface area contributed by atoms with Gasteiger partial charge in [0.25, 0.3) is 0 Å². The molecular weight excluding hydrogens is 200 g/mol. The normalized spacial score (nSPS) is 26.2. The Hall–Kier alpha value is -0.570. The van der Waals surface area contributed by atoms with Crippen LogP contribution in [0.5, 0.6) is 0 Å². The summed E-state index contributed by atoms with van der Waals surface area (Å²) in [5.74, 6) is 1.01. The Kier molecular flexibility index (Phi) is 5.26. The van der Waals surface area contributed by atoms with E-state index in [2.05, 4.69) is 19.2 Å². The van der Waals surface area contributed by atoms with Crippen LogP contribution in [0.1, 0.15) is 40.5 Å². The van der Waals surface area contributed by atoms with E-state index in [-0.39, 0.29) is 5.92 Å². The Morgan fingerprint density at radius 2 is 2.19 bits per heavy atom. The Morgan fingerprint density at radius 1 is 1.50 bits per heavy atom. The van der Waals surface area contributed by atoms with Crippen molar-refractivity contribution in [2.75, 3.05) is 19.6 Å². The van der Waals surface area contributed by atoms with Crippen LogP contribution in [-0.2, 0) is 4.79 Å². The summed E-state index contributed by atoms with van der Waals surface area (Å²) in [6, 6.07) is 0.594. The minimum Gasteiger partial charge on any atom is -0.342 e. The third-order valence-corrected chi connectivity index (χ3v) is 3.37. The first kappa shape index (κ1) is 13.5. The van der Waals surface area contributed by atoms with Gasteiger partial charge in [0.1, 0.15) is 0 Å². The molecule has 1 rings (SSSR count). The molecule has 1 saturated heterocycles. The number of nitrogens with zero attached hydrogens (tertiary/aromatic N) is 1. The molecule has 1 N–H and O–H groups in total. The van der Waals surface area contributed by atoms with Crippen molar-refractivity contribution in [3.63, 3.8) is 0 Å². The fourth-order valence-corrected chi connectivity index (χ4v) is 2.34. The maximum absolute atomic E-state index is 11.9. The SMILES string of the molecule is CCCNC1CCN(C(=O)C(C)C)CC1C. The Bertz CT molecular complexity index is 228. The van der Waals surface area contributed by atoms with Gasteiger partial charge in [0.2, 0.25) is 5.91 Å². The molecule has 0 aliphatic carbocycles. The molecule has 1 heterocycles. The van der Waals surface area contributed by atoms with Crippen molar-refractivity contribution < 1.29 is 4.79 Å². The van der Waals surface area contributed by atoms with E-state index >= 15 is 0 Å². The summed E-state index contributed by atoms with van der Waals surface area (Å²) in [6.07, 6.45) is 2.28. The van der Waals surface area contributed by atoms with Crippen molar-refractivity contribution in [3.8, 4) is 0 Å². The van der Waals surface area contributed by atoms with Gasteiger partial charge in [-0.2, -0.15) is 0 Å². The monoisotopic (exact) mass is 226 g/mol. The van der Waals surface area contributed by atoms with Gasteiger partial charge in [0.05, 0.1) is 0 Å². The first-order chi connectivity index (χ1) is 7.56. The first-order valence-corrected chi connectivity index (χ1v) is 6.58. The molecule has 0 radical (unpaired) electrons. The summed E-state index contributed by atoms with van der Waals surface area (Å²) in [7, 11) is 0. The zero-order chi connectivity index (χ0) is 12.1. The summed E-state index contributed by atoms with van der Waals surface area (Å²) in [5.41, 5.74) is 0. The van der Waals surface area contributed by atoms with E-state index in [9.17, 15) is 4.79 Å². The van der Waals surface area contributed by atoms with Gasteiger partial charge in [-0.3, -0.25) is 4.79 Å². The molecule has 2 atom stereocenters. The Labute approximate surface area is 99.6 Å². The predicted octanol–water partition coefficient (Wildman–Crippen LogP) is 1.88. The van der Waals surface area contributed by atoms with Crippen LogP contribution in [0.3, 0.4) is 0 Å². The van der Waals surface area contributed by atoms with Gasteiger partial charge in [-0.05, 0) is 25.3 Å². The van der Waals surface area contributed by atoms with Gasteiger partial charge in [-0.1, -0.05) is 27.7 Å². The van der Waals surface area contributed by atoms with Crippen molar-refractivity contribution in [1.29, 1.82) is 0 Å². The molecule has 0 spiro atoms. The summed E-state index contributed by atoms with van der Waals surface area (Å²) >= 11 is 0. The lowest BCUT2D eigenvalue weighted by Gasteiger charge is -2.38. The van der Waals surface area contributed by atoms with Crippen molar-refractivity contribution in [3.05, 3.63) is 0 Å². The van der Waals surface area contributed by atoms with Crippen LogP contribution in [0.2, 0.25) is 0 Å². The molecule has 0 aromatic rings. The standard InChI is InChI=1S/C13H26N2O/c1-5-7-14-12-6-8-15(9-11(12)4)13(16)10(2)3/h10-12,14H,5-9H2,1-4H3. The topological polar surface area (TPSA) is 32.3 Å². The minimum atomic E-state index is 0.132. The molecule has 16 heavy (non-hydrogen) atoms. The largest absolute Gasteiger partial charge is 0.342 e. The second kappa shape index (κ2) is 6.24. The highest BCUT2D eigenvalue weighted by atomic mass is 16.2. The predicted molar refractivity (Wildman–Crippen MR) is 67.3 cm³/mol. The van der Waals surface area contributed by atoms with E-state index in [0.29, 0.717) is 17.9 Å². The molecule has 3 nitrogen and oxygen atoms in total. The molecule has 94 valence electrons. The van der Waals surface area contributed by atoms with E-state index in [1.54, 1.807) is 0 Å². The molecule has 1 amide bonds. The summed E-state index contributed by atoms with van der Waals surface area (Å²) in [4.78, 5) is 13.9. The van der Waals surface area contributed by atoms with Crippen molar-refractivity contribution in [1.82, 2.24) is 10.2 Å². The summed E-state index contributed by atoms with van der Waals surface area (Å²) in [6.45, 7) is 11.3. The fourth-order valence-electron chi connectivity index (χ4n) is 2.34. The quantitative estimate of drug-likeness (QED) is 0.794. The van der Waals surface area contributed by atoms with Crippen LogP contribution >= 0.6 is 0 Å². The van der Waals surface area contributed by atoms with Crippen LogP contribution in [0, 0.1) is 11.8 Å². The average Bonchev–Trinajstić information content (AvgIpc) is 2.26. The highest BCUT2D eigenvalue weighted by Crippen LogP contribution is 2.18.